The minimum atomic E-state index is -2.14. The van der Waals surface area contributed by atoms with E-state index < -0.39 is 17.1 Å². The zero-order valence-electron chi connectivity index (χ0n) is 20.6. The van der Waals surface area contributed by atoms with Crippen molar-refractivity contribution in [1.82, 2.24) is 0 Å². The van der Waals surface area contributed by atoms with Gasteiger partial charge in [-0.2, -0.15) is 0 Å². The molecule has 2 fully saturated rings. The van der Waals surface area contributed by atoms with Gasteiger partial charge in [0.25, 0.3) is 0 Å². The first kappa shape index (κ1) is 26.6. The van der Waals surface area contributed by atoms with Gasteiger partial charge in [0.2, 0.25) is 0 Å². The molecule has 0 radical (unpaired) electrons. The molecule has 4 nitrogen and oxygen atoms in total. The summed E-state index contributed by atoms with van der Waals surface area (Å²) in [4.78, 5) is 0. The van der Waals surface area contributed by atoms with Gasteiger partial charge < -0.3 is 17.7 Å². The van der Waals surface area contributed by atoms with Gasteiger partial charge in [-0.3, -0.25) is 0 Å². The molecule has 3 rings (SSSR count). The number of unbranched alkanes of at least 4 members (excludes halogenated alkanes) is 5. The van der Waals surface area contributed by atoms with E-state index in [2.05, 4.69) is 57.4 Å². The first-order chi connectivity index (χ1) is 15.3. The summed E-state index contributed by atoms with van der Waals surface area (Å²) in [5.41, 5.74) is 1.36. The van der Waals surface area contributed by atoms with Gasteiger partial charge in [-0.05, 0) is 56.7 Å². The van der Waals surface area contributed by atoms with Gasteiger partial charge in [-0.1, -0.05) is 51.2 Å². The molecule has 3 atom stereocenters. The Bertz CT molecular complexity index is 687. The fraction of sp³-hybridized carbons (Fsp3) is 0.750. The molecular weight excluding hydrogens is 473 g/mol. The molecule has 8 heteroatoms. The summed E-state index contributed by atoms with van der Waals surface area (Å²) >= 11 is 4.06. The van der Waals surface area contributed by atoms with Crippen molar-refractivity contribution in [2.75, 3.05) is 13.2 Å². The second-order valence-corrected chi connectivity index (χ2v) is 19.7. The van der Waals surface area contributed by atoms with Gasteiger partial charge in [0.1, 0.15) is 5.75 Å². The Morgan fingerprint density at radius 2 is 1.72 bits per heavy atom. The van der Waals surface area contributed by atoms with Gasteiger partial charge in [0, 0.05) is 5.75 Å². The van der Waals surface area contributed by atoms with E-state index >= 15 is 0 Å². The molecule has 182 valence electrons. The Morgan fingerprint density at radius 3 is 2.47 bits per heavy atom. The van der Waals surface area contributed by atoms with Gasteiger partial charge in [-0.15, -0.1) is 23.5 Å². The highest BCUT2D eigenvalue weighted by atomic mass is 32.2. The Labute approximate surface area is 206 Å². The lowest BCUT2D eigenvalue weighted by Crippen LogP contribution is -2.54. The predicted molar refractivity (Wildman–Crippen MR) is 143 cm³/mol. The van der Waals surface area contributed by atoms with E-state index in [1.54, 1.807) is 0 Å². The molecule has 2 saturated heterocycles. The lowest BCUT2D eigenvalue weighted by molar-refractivity contribution is 0.0968. The van der Waals surface area contributed by atoms with Gasteiger partial charge in [-0.25, -0.2) is 0 Å². The lowest BCUT2D eigenvalue weighted by atomic mass is 10.1. The molecule has 32 heavy (non-hydrogen) atoms. The molecule has 0 saturated carbocycles. The van der Waals surface area contributed by atoms with Crippen molar-refractivity contribution < 1.29 is 17.7 Å². The molecule has 2 aliphatic rings. The molecular formula is C24H42O4S2Si2. The summed E-state index contributed by atoms with van der Waals surface area (Å²) in [5.74, 6) is 2.01. The standard InChI is InChI=1S/C24H42O4S2Si2/c1-6-7-8-9-10-11-16-25-21-14-12-20(13-15-21)19-29-24-17-22-23(30-24)18-26-31(2,3)28-32(4,5)27-22/h12-15,22-24H,6-11,16-19H2,1-5H3. The fourth-order valence-electron chi connectivity index (χ4n) is 4.29. The van der Waals surface area contributed by atoms with Crippen LogP contribution < -0.4 is 4.74 Å². The number of hydrogen-bond acceptors (Lipinski definition) is 6. The smallest absolute Gasteiger partial charge is 0.323 e. The number of benzene rings is 1. The van der Waals surface area contributed by atoms with Crippen LogP contribution in [0.5, 0.6) is 5.75 Å². The normalized spacial score (nSPS) is 26.8. The molecule has 0 aliphatic carbocycles. The second kappa shape index (κ2) is 12.7. The van der Waals surface area contributed by atoms with Gasteiger partial charge in [0.05, 0.1) is 29.1 Å². The van der Waals surface area contributed by atoms with E-state index in [1.165, 1.54) is 37.7 Å². The Balaban J connectivity index is 1.38. The predicted octanol–water partition coefficient (Wildman–Crippen LogP) is 7.33. The number of hydrogen-bond donors (Lipinski definition) is 0. The SMILES string of the molecule is CCCCCCCCOc1ccc(CSC2CC3O[Si](C)(C)O[Si](C)(C)OCC3S2)cc1. The maximum atomic E-state index is 6.53. The first-order valence-electron chi connectivity index (χ1n) is 12.3. The molecule has 0 N–H and O–H groups in total. The third kappa shape index (κ3) is 9.00. The number of rotatable bonds is 11. The van der Waals surface area contributed by atoms with Crippen LogP contribution in [0.3, 0.4) is 0 Å². The van der Waals surface area contributed by atoms with Crippen LogP contribution >= 0.6 is 23.5 Å². The van der Waals surface area contributed by atoms with Crippen molar-refractivity contribution in [3.63, 3.8) is 0 Å². The topological polar surface area (TPSA) is 36.9 Å². The van der Waals surface area contributed by atoms with Crippen LogP contribution in [0.1, 0.15) is 57.4 Å². The van der Waals surface area contributed by atoms with Crippen LogP contribution in [-0.2, 0) is 18.7 Å². The molecule has 1 aromatic carbocycles. The average Bonchev–Trinajstić information content (AvgIpc) is 3.10. The summed E-state index contributed by atoms with van der Waals surface area (Å²) in [5, 5.41) is 0.424. The summed E-state index contributed by atoms with van der Waals surface area (Å²) < 4.78 is 25.5. The zero-order chi connectivity index (χ0) is 23.0. The summed E-state index contributed by atoms with van der Waals surface area (Å²) in [7, 11) is -4.22. The highest BCUT2D eigenvalue weighted by molar-refractivity contribution is 8.17. The number of thioether (sulfide) groups is 2. The minimum absolute atomic E-state index is 0.252. The van der Waals surface area contributed by atoms with Crippen molar-refractivity contribution >= 4 is 40.6 Å². The Hall–Kier alpha value is 0.0338. The quantitative estimate of drug-likeness (QED) is 0.227. The van der Waals surface area contributed by atoms with Crippen LogP contribution in [0.2, 0.25) is 26.2 Å². The summed E-state index contributed by atoms with van der Waals surface area (Å²) in [6, 6.07) is 8.67. The van der Waals surface area contributed by atoms with E-state index in [0.29, 0.717) is 9.83 Å². The minimum Gasteiger partial charge on any atom is -0.494 e. The lowest BCUT2D eigenvalue weighted by Gasteiger charge is -2.39. The van der Waals surface area contributed by atoms with Crippen molar-refractivity contribution in [3.8, 4) is 5.75 Å². The molecule has 1 aromatic rings. The van der Waals surface area contributed by atoms with Crippen molar-refractivity contribution in [2.45, 2.75) is 99.7 Å². The average molecular weight is 515 g/mol. The van der Waals surface area contributed by atoms with Crippen LogP contribution in [0, 0.1) is 0 Å². The van der Waals surface area contributed by atoms with Crippen LogP contribution in [0.15, 0.2) is 24.3 Å². The largest absolute Gasteiger partial charge is 0.494 e. The highest BCUT2D eigenvalue weighted by Crippen LogP contribution is 2.45. The monoisotopic (exact) mass is 514 g/mol. The molecule has 2 heterocycles. The Morgan fingerprint density at radius 1 is 1.00 bits per heavy atom. The fourth-order valence-corrected chi connectivity index (χ4v) is 14.3. The van der Waals surface area contributed by atoms with Crippen LogP contribution in [0.25, 0.3) is 0 Å². The second-order valence-electron chi connectivity index (χ2n) is 9.78. The molecule has 0 amide bonds. The van der Waals surface area contributed by atoms with Crippen LogP contribution in [-0.4, -0.2) is 46.3 Å². The summed E-state index contributed by atoms with van der Waals surface area (Å²) in [6.07, 6.45) is 9.10. The maximum Gasteiger partial charge on any atom is 0.323 e. The number of ether oxygens (including phenoxy) is 1. The van der Waals surface area contributed by atoms with E-state index in [4.69, 9.17) is 17.7 Å². The number of fused-ring (bicyclic) bond motifs is 1. The van der Waals surface area contributed by atoms with Gasteiger partial charge >= 0.3 is 17.1 Å². The van der Waals surface area contributed by atoms with E-state index in [-0.39, 0.29) is 6.10 Å². The third-order valence-corrected chi connectivity index (χ3v) is 14.6. The van der Waals surface area contributed by atoms with E-state index in [9.17, 15) is 0 Å². The van der Waals surface area contributed by atoms with E-state index in [1.807, 2.05) is 23.5 Å². The van der Waals surface area contributed by atoms with Gasteiger partial charge in [0.15, 0.2) is 0 Å². The van der Waals surface area contributed by atoms with E-state index in [0.717, 1.165) is 37.6 Å². The van der Waals surface area contributed by atoms with Crippen molar-refractivity contribution in [3.05, 3.63) is 29.8 Å². The maximum absolute atomic E-state index is 6.53. The molecule has 3 unspecified atom stereocenters. The molecule has 2 aliphatic heterocycles. The van der Waals surface area contributed by atoms with Crippen LogP contribution in [0.4, 0.5) is 0 Å². The molecule has 0 aromatic heterocycles. The third-order valence-electron chi connectivity index (χ3n) is 5.81. The highest BCUT2D eigenvalue weighted by Gasteiger charge is 2.46. The summed E-state index contributed by atoms with van der Waals surface area (Å²) in [6.45, 7) is 12.4. The van der Waals surface area contributed by atoms with Crippen molar-refractivity contribution in [2.24, 2.45) is 0 Å². The van der Waals surface area contributed by atoms with Crippen molar-refractivity contribution in [1.29, 1.82) is 0 Å². The first-order valence-corrected chi connectivity index (χ1v) is 19.9. The molecule has 0 bridgehead atoms. The molecule has 0 spiro atoms. The Kier molecular flexibility index (Phi) is 10.5. The zero-order valence-corrected chi connectivity index (χ0v) is 24.2.